The number of hydrogen-bond donors (Lipinski definition) is 1. The average molecular weight is 293 g/mol. The van der Waals surface area contributed by atoms with Crippen LogP contribution < -0.4 is 5.32 Å². The molecule has 0 radical (unpaired) electrons. The van der Waals surface area contributed by atoms with E-state index in [0.29, 0.717) is 18.2 Å². The lowest BCUT2D eigenvalue weighted by Crippen LogP contribution is -2.24. The quantitative estimate of drug-likeness (QED) is 0.920. The predicted molar refractivity (Wildman–Crippen MR) is 77.7 cm³/mol. The van der Waals surface area contributed by atoms with Crippen LogP contribution in [0.5, 0.6) is 0 Å². The van der Waals surface area contributed by atoms with E-state index in [1.807, 2.05) is 13.8 Å². The standard InChI is InChI=1S/C14H19N3O2S/c1-8(2)14-16-10(4)12(20-14)7-15-13(18)6-11-5-9(3)17-19-11/h5,8H,6-7H2,1-4H3,(H,15,18). The Kier molecular flexibility index (Phi) is 4.54. The van der Waals surface area contributed by atoms with E-state index in [1.54, 1.807) is 17.4 Å². The Morgan fingerprint density at radius 1 is 1.45 bits per heavy atom. The molecule has 0 bridgehead atoms. The number of thiazole rings is 1. The smallest absolute Gasteiger partial charge is 0.228 e. The molecule has 0 aromatic carbocycles. The van der Waals surface area contributed by atoms with Gasteiger partial charge in [0.15, 0.2) is 0 Å². The number of hydrogen-bond acceptors (Lipinski definition) is 5. The van der Waals surface area contributed by atoms with Crippen molar-refractivity contribution in [2.45, 2.75) is 46.6 Å². The van der Waals surface area contributed by atoms with Gasteiger partial charge in [0.2, 0.25) is 5.91 Å². The van der Waals surface area contributed by atoms with Crippen molar-refractivity contribution in [3.05, 3.63) is 33.1 Å². The van der Waals surface area contributed by atoms with E-state index in [2.05, 4.69) is 29.3 Å². The van der Waals surface area contributed by atoms with E-state index in [-0.39, 0.29) is 12.3 Å². The van der Waals surface area contributed by atoms with E-state index >= 15 is 0 Å². The Balaban J connectivity index is 1.90. The summed E-state index contributed by atoms with van der Waals surface area (Å²) in [7, 11) is 0. The third-order valence-corrected chi connectivity index (χ3v) is 4.32. The third-order valence-electron chi connectivity index (χ3n) is 2.86. The van der Waals surface area contributed by atoms with Gasteiger partial charge in [-0.3, -0.25) is 4.79 Å². The summed E-state index contributed by atoms with van der Waals surface area (Å²) < 4.78 is 5.03. The Morgan fingerprint density at radius 2 is 2.20 bits per heavy atom. The van der Waals surface area contributed by atoms with Gasteiger partial charge < -0.3 is 9.84 Å². The number of carbonyl (C=O) groups is 1. The Labute approximate surface area is 122 Å². The molecule has 0 aliphatic heterocycles. The van der Waals surface area contributed by atoms with Crippen LogP contribution in [0, 0.1) is 13.8 Å². The normalized spacial score (nSPS) is 11.1. The minimum atomic E-state index is -0.0694. The fourth-order valence-corrected chi connectivity index (χ4v) is 2.77. The molecule has 0 aliphatic rings. The fraction of sp³-hybridized carbons (Fsp3) is 0.500. The van der Waals surface area contributed by atoms with Crippen LogP contribution in [-0.4, -0.2) is 16.0 Å². The molecule has 2 aromatic rings. The second-order valence-electron chi connectivity index (χ2n) is 5.10. The third kappa shape index (κ3) is 3.66. The maximum atomic E-state index is 11.8. The first-order chi connectivity index (χ1) is 9.45. The van der Waals surface area contributed by atoms with E-state index < -0.39 is 0 Å². The SMILES string of the molecule is Cc1cc(CC(=O)NCc2sc(C(C)C)nc2C)on1. The number of amides is 1. The average Bonchev–Trinajstić information content (AvgIpc) is 2.93. The van der Waals surface area contributed by atoms with Crippen molar-refractivity contribution >= 4 is 17.2 Å². The topological polar surface area (TPSA) is 68.0 Å². The molecule has 2 heterocycles. The van der Waals surface area contributed by atoms with Gasteiger partial charge in [-0.15, -0.1) is 11.3 Å². The summed E-state index contributed by atoms with van der Waals surface area (Å²) in [5.74, 6) is 0.935. The van der Waals surface area contributed by atoms with Crippen LogP contribution in [0.4, 0.5) is 0 Å². The van der Waals surface area contributed by atoms with Crippen molar-refractivity contribution in [1.29, 1.82) is 0 Å². The highest BCUT2D eigenvalue weighted by Crippen LogP contribution is 2.24. The Morgan fingerprint density at radius 3 is 2.75 bits per heavy atom. The molecule has 0 spiro atoms. The molecule has 0 aliphatic carbocycles. The highest BCUT2D eigenvalue weighted by molar-refractivity contribution is 7.11. The van der Waals surface area contributed by atoms with Crippen molar-refractivity contribution in [3.8, 4) is 0 Å². The van der Waals surface area contributed by atoms with Gasteiger partial charge in [-0.25, -0.2) is 4.98 Å². The lowest BCUT2D eigenvalue weighted by Gasteiger charge is -2.02. The molecule has 6 heteroatoms. The van der Waals surface area contributed by atoms with Crippen LogP contribution in [0.15, 0.2) is 10.6 Å². The van der Waals surface area contributed by atoms with Crippen LogP contribution >= 0.6 is 11.3 Å². The zero-order valence-electron chi connectivity index (χ0n) is 12.2. The predicted octanol–water partition coefficient (Wildman–Crippen LogP) is 2.73. The fourth-order valence-electron chi connectivity index (χ4n) is 1.76. The lowest BCUT2D eigenvalue weighted by molar-refractivity contribution is -0.120. The van der Waals surface area contributed by atoms with Crippen LogP contribution in [0.1, 0.15) is 46.8 Å². The minimum Gasteiger partial charge on any atom is -0.361 e. The summed E-state index contributed by atoms with van der Waals surface area (Å²) in [4.78, 5) is 17.5. The molecular formula is C14H19N3O2S. The zero-order chi connectivity index (χ0) is 14.7. The zero-order valence-corrected chi connectivity index (χ0v) is 13.0. The summed E-state index contributed by atoms with van der Waals surface area (Å²) in [6.07, 6.45) is 0.218. The van der Waals surface area contributed by atoms with Gasteiger partial charge in [-0.05, 0) is 13.8 Å². The first kappa shape index (κ1) is 14.7. The summed E-state index contributed by atoms with van der Waals surface area (Å²) >= 11 is 1.66. The highest BCUT2D eigenvalue weighted by Gasteiger charge is 2.12. The molecule has 20 heavy (non-hydrogen) atoms. The number of nitrogens with one attached hydrogen (secondary N) is 1. The Hall–Kier alpha value is -1.69. The number of aryl methyl sites for hydroxylation is 2. The van der Waals surface area contributed by atoms with Gasteiger partial charge in [0.25, 0.3) is 0 Å². The molecule has 2 rings (SSSR count). The molecular weight excluding hydrogens is 274 g/mol. The number of nitrogens with zero attached hydrogens (tertiary/aromatic N) is 2. The summed E-state index contributed by atoms with van der Waals surface area (Å²) in [5.41, 5.74) is 1.78. The van der Waals surface area contributed by atoms with Crippen LogP contribution in [-0.2, 0) is 17.8 Å². The van der Waals surface area contributed by atoms with Crippen LogP contribution in [0.2, 0.25) is 0 Å². The van der Waals surface area contributed by atoms with Gasteiger partial charge in [0.1, 0.15) is 5.76 Å². The molecule has 108 valence electrons. The Bertz CT molecular complexity index is 601. The number of aromatic nitrogens is 2. The van der Waals surface area contributed by atoms with Crippen molar-refractivity contribution in [3.63, 3.8) is 0 Å². The largest absolute Gasteiger partial charge is 0.361 e. The first-order valence-electron chi connectivity index (χ1n) is 6.60. The van der Waals surface area contributed by atoms with Crippen molar-refractivity contribution < 1.29 is 9.32 Å². The number of rotatable bonds is 5. The molecule has 5 nitrogen and oxygen atoms in total. The van der Waals surface area contributed by atoms with E-state index in [9.17, 15) is 4.79 Å². The number of carbonyl (C=O) groups excluding carboxylic acids is 1. The maximum Gasteiger partial charge on any atom is 0.228 e. The molecule has 1 amide bonds. The maximum absolute atomic E-state index is 11.8. The van der Waals surface area contributed by atoms with Crippen molar-refractivity contribution in [2.24, 2.45) is 0 Å². The van der Waals surface area contributed by atoms with Gasteiger partial charge >= 0.3 is 0 Å². The van der Waals surface area contributed by atoms with Crippen molar-refractivity contribution in [2.75, 3.05) is 0 Å². The minimum absolute atomic E-state index is 0.0694. The molecule has 1 N–H and O–H groups in total. The van der Waals surface area contributed by atoms with E-state index in [0.717, 1.165) is 21.3 Å². The van der Waals surface area contributed by atoms with Crippen LogP contribution in [0.25, 0.3) is 0 Å². The van der Waals surface area contributed by atoms with Crippen molar-refractivity contribution in [1.82, 2.24) is 15.5 Å². The van der Waals surface area contributed by atoms with Crippen LogP contribution in [0.3, 0.4) is 0 Å². The van der Waals surface area contributed by atoms with Gasteiger partial charge in [0.05, 0.1) is 29.4 Å². The lowest BCUT2D eigenvalue weighted by atomic mass is 10.2. The van der Waals surface area contributed by atoms with Gasteiger partial charge in [-0.1, -0.05) is 19.0 Å². The summed E-state index contributed by atoms with van der Waals surface area (Å²) in [5, 5.41) is 7.76. The monoisotopic (exact) mass is 293 g/mol. The molecule has 0 unspecified atom stereocenters. The molecule has 0 fully saturated rings. The van der Waals surface area contributed by atoms with E-state index in [4.69, 9.17) is 4.52 Å². The second-order valence-corrected chi connectivity index (χ2v) is 6.22. The molecule has 0 saturated carbocycles. The molecule has 0 saturated heterocycles. The first-order valence-corrected chi connectivity index (χ1v) is 7.42. The van der Waals surface area contributed by atoms with Gasteiger partial charge in [0, 0.05) is 16.9 Å². The molecule has 2 aromatic heterocycles. The van der Waals surface area contributed by atoms with Gasteiger partial charge in [-0.2, -0.15) is 0 Å². The summed E-state index contributed by atoms with van der Waals surface area (Å²) in [6, 6.07) is 1.77. The summed E-state index contributed by atoms with van der Waals surface area (Å²) in [6.45, 7) is 8.56. The van der Waals surface area contributed by atoms with E-state index in [1.165, 1.54) is 0 Å². The highest BCUT2D eigenvalue weighted by atomic mass is 32.1. The molecule has 0 atom stereocenters. The second kappa shape index (κ2) is 6.17.